The second kappa shape index (κ2) is 6.93. The van der Waals surface area contributed by atoms with Crippen LogP contribution in [-0.4, -0.2) is 12.3 Å². The van der Waals surface area contributed by atoms with Crippen molar-refractivity contribution >= 4 is 13.2 Å². The van der Waals surface area contributed by atoms with Crippen LogP contribution in [-0.2, 0) is 0 Å². The average Bonchev–Trinajstić information content (AvgIpc) is 3.09. The lowest BCUT2D eigenvalue weighted by Crippen LogP contribution is -2.17. The normalized spacial score (nSPS) is 29.6. The monoisotopic (exact) mass is 298 g/mol. The summed E-state index contributed by atoms with van der Waals surface area (Å²) in [7, 11) is -0.0231. The second-order valence-electron chi connectivity index (χ2n) is 6.77. The summed E-state index contributed by atoms with van der Waals surface area (Å²) in [4.78, 5) is 0. The van der Waals surface area contributed by atoms with E-state index in [1.165, 1.54) is 31.6 Å². The highest BCUT2D eigenvalue weighted by atomic mass is 31.1. The van der Waals surface area contributed by atoms with Crippen molar-refractivity contribution in [3.8, 4) is 0 Å². The number of rotatable bonds is 5. The summed E-state index contributed by atoms with van der Waals surface area (Å²) in [6, 6.07) is 11.3. The van der Waals surface area contributed by atoms with Crippen LogP contribution >= 0.6 is 7.92 Å². The van der Waals surface area contributed by atoms with Crippen LogP contribution in [0.5, 0.6) is 0 Å². The van der Waals surface area contributed by atoms with Crippen molar-refractivity contribution in [3.63, 3.8) is 0 Å². The summed E-state index contributed by atoms with van der Waals surface area (Å²) in [5.41, 5.74) is 1.65. The first kappa shape index (κ1) is 15.0. The molecule has 4 unspecified atom stereocenters. The van der Waals surface area contributed by atoms with Gasteiger partial charge in [-0.2, -0.15) is 0 Å². The van der Waals surface area contributed by atoms with E-state index in [4.69, 9.17) is 0 Å². The Bertz CT molecular complexity index is 510. The van der Waals surface area contributed by atoms with Gasteiger partial charge >= 0.3 is 0 Å². The standard InChI is InChI=1S/C20H27P/c1-16-8-6-10-18(16)14-21(20-12-4-3-5-13-20)15-19-11-7-9-17(19)2/h3-6,9-10,12-13,16,18-19H,7-8,11,14-15H2,1-2H3. The van der Waals surface area contributed by atoms with E-state index in [2.05, 4.69) is 62.4 Å². The lowest BCUT2D eigenvalue weighted by atomic mass is 10.0. The molecule has 0 spiro atoms. The fourth-order valence-electron chi connectivity index (χ4n) is 3.66. The zero-order valence-corrected chi connectivity index (χ0v) is 14.2. The third-order valence-electron chi connectivity index (χ3n) is 5.24. The van der Waals surface area contributed by atoms with E-state index in [9.17, 15) is 0 Å². The van der Waals surface area contributed by atoms with Gasteiger partial charge in [-0.15, -0.1) is 0 Å². The van der Waals surface area contributed by atoms with Crippen molar-refractivity contribution < 1.29 is 0 Å². The molecule has 0 heterocycles. The number of hydrogen-bond acceptors (Lipinski definition) is 0. The first-order valence-electron chi connectivity index (χ1n) is 8.37. The SMILES string of the molecule is CC1=CCCC1CP(CC1C=CCC1C)c1ccccc1. The van der Waals surface area contributed by atoms with Gasteiger partial charge in [0.2, 0.25) is 0 Å². The Morgan fingerprint density at radius 2 is 1.95 bits per heavy atom. The molecular formula is C20H27P. The third-order valence-corrected chi connectivity index (χ3v) is 8.01. The minimum atomic E-state index is -0.0231. The Morgan fingerprint density at radius 1 is 1.14 bits per heavy atom. The molecule has 3 rings (SSSR count). The molecule has 0 saturated heterocycles. The largest absolute Gasteiger partial charge is 0.0879 e. The van der Waals surface area contributed by atoms with Crippen molar-refractivity contribution in [2.45, 2.75) is 33.1 Å². The van der Waals surface area contributed by atoms with Crippen LogP contribution in [0.25, 0.3) is 0 Å². The maximum absolute atomic E-state index is 2.49. The van der Waals surface area contributed by atoms with Gasteiger partial charge in [0, 0.05) is 0 Å². The van der Waals surface area contributed by atoms with Crippen molar-refractivity contribution in [2.24, 2.45) is 17.8 Å². The Morgan fingerprint density at radius 3 is 2.57 bits per heavy atom. The minimum absolute atomic E-state index is 0.0231. The molecule has 0 bridgehead atoms. The molecule has 0 nitrogen and oxygen atoms in total. The summed E-state index contributed by atoms with van der Waals surface area (Å²) < 4.78 is 0. The van der Waals surface area contributed by atoms with Gasteiger partial charge in [0.1, 0.15) is 0 Å². The van der Waals surface area contributed by atoms with Gasteiger partial charge in [-0.25, -0.2) is 0 Å². The van der Waals surface area contributed by atoms with Crippen LogP contribution in [0.15, 0.2) is 54.1 Å². The highest BCUT2D eigenvalue weighted by molar-refractivity contribution is 7.65. The van der Waals surface area contributed by atoms with Crippen molar-refractivity contribution in [1.82, 2.24) is 0 Å². The smallest absolute Gasteiger partial charge is 0.0161 e. The van der Waals surface area contributed by atoms with E-state index in [0.29, 0.717) is 0 Å². The number of benzene rings is 1. The Kier molecular flexibility index (Phi) is 4.96. The van der Waals surface area contributed by atoms with Crippen LogP contribution in [0.4, 0.5) is 0 Å². The number of allylic oxidation sites excluding steroid dienone is 4. The van der Waals surface area contributed by atoms with Gasteiger partial charge in [0.05, 0.1) is 0 Å². The van der Waals surface area contributed by atoms with Crippen molar-refractivity contribution in [1.29, 1.82) is 0 Å². The summed E-state index contributed by atoms with van der Waals surface area (Å²) in [5, 5.41) is 1.61. The molecule has 0 aromatic heterocycles. The predicted molar refractivity (Wildman–Crippen MR) is 95.6 cm³/mol. The van der Waals surface area contributed by atoms with Crippen LogP contribution in [0.3, 0.4) is 0 Å². The third kappa shape index (κ3) is 3.67. The van der Waals surface area contributed by atoms with Gasteiger partial charge in [0.15, 0.2) is 0 Å². The van der Waals surface area contributed by atoms with E-state index in [1.54, 1.807) is 10.9 Å². The van der Waals surface area contributed by atoms with Crippen molar-refractivity contribution in [3.05, 3.63) is 54.1 Å². The highest BCUT2D eigenvalue weighted by Gasteiger charge is 2.26. The van der Waals surface area contributed by atoms with Crippen LogP contribution in [0.1, 0.15) is 33.1 Å². The second-order valence-corrected chi connectivity index (χ2v) is 9.09. The lowest BCUT2D eigenvalue weighted by molar-refractivity contribution is 0.502. The average molecular weight is 298 g/mol. The van der Waals surface area contributed by atoms with E-state index in [1.807, 2.05) is 0 Å². The zero-order chi connectivity index (χ0) is 14.7. The van der Waals surface area contributed by atoms with Crippen LogP contribution in [0, 0.1) is 17.8 Å². The maximum atomic E-state index is 2.49. The first-order chi connectivity index (χ1) is 10.2. The number of hydrogen-bond donors (Lipinski definition) is 0. The van der Waals surface area contributed by atoms with Gasteiger partial charge in [-0.05, 0) is 61.6 Å². The molecule has 2 aliphatic rings. The fourth-order valence-corrected chi connectivity index (χ4v) is 6.82. The summed E-state index contributed by atoms with van der Waals surface area (Å²) in [5.74, 6) is 2.50. The highest BCUT2D eigenvalue weighted by Crippen LogP contribution is 2.45. The lowest BCUT2D eigenvalue weighted by Gasteiger charge is -2.27. The van der Waals surface area contributed by atoms with Crippen LogP contribution < -0.4 is 5.30 Å². The van der Waals surface area contributed by atoms with E-state index in [0.717, 1.165) is 17.8 Å². The Labute approximate surface area is 131 Å². The van der Waals surface area contributed by atoms with Crippen LogP contribution in [0.2, 0.25) is 0 Å². The molecule has 2 aliphatic carbocycles. The first-order valence-corrected chi connectivity index (χ1v) is 10.1. The fraction of sp³-hybridized carbons (Fsp3) is 0.500. The molecule has 0 fully saturated rings. The molecule has 1 aromatic carbocycles. The molecule has 1 aromatic rings. The molecule has 0 amide bonds. The van der Waals surface area contributed by atoms with E-state index < -0.39 is 0 Å². The predicted octanol–water partition coefficient (Wildman–Crippen LogP) is 5.36. The Hall–Kier alpha value is -0.870. The summed E-state index contributed by atoms with van der Waals surface area (Å²) in [6.07, 6.45) is 14.1. The maximum Gasteiger partial charge on any atom is -0.0161 e. The van der Waals surface area contributed by atoms with Crippen molar-refractivity contribution in [2.75, 3.05) is 12.3 Å². The summed E-state index contributed by atoms with van der Waals surface area (Å²) >= 11 is 0. The molecule has 0 saturated carbocycles. The minimum Gasteiger partial charge on any atom is -0.0879 e. The molecular weight excluding hydrogens is 271 g/mol. The van der Waals surface area contributed by atoms with Gasteiger partial charge in [-0.1, -0.05) is 69.0 Å². The molecule has 0 aliphatic heterocycles. The van der Waals surface area contributed by atoms with Gasteiger partial charge in [-0.3, -0.25) is 0 Å². The van der Waals surface area contributed by atoms with Gasteiger partial charge < -0.3 is 0 Å². The molecule has 0 radical (unpaired) electrons. The molecule has 112 valence electrons. The quantitative estimate of drug-likeness (QED) is 0.507. The molecule has 4 atom stereocenters. The summed E-state index contributed by atoms with van der Waals surface area (Å²) in [6.45, 7) is 4.76. The molecule has 21 heavy (non-hydrogen) atoms. The van der Waals surface area contributed by atoms with E-state index >= 15 is 0 Å². The zero-order valence-electron chi connectivity index (χ0n) is 13.3. The molecule has 1 heteroatoms. The van der Waals surface area contributed by atoms with E-state index in [-0.39, 0.29) is 7.92 Å². The topological polar surface area (TPSA) is 0 Å². The van der Waals surface area contributed by atoms with Gasteiger partial charge in [0.25, 0.3) is 0 Å². The molecule has 0 N–H and O–H groups in total. The Balaban J connectivity index is 1.74.